The van der Waals surface area contributed by atoms with Gasteiger partial charge in [0, 0.05) is 22.8 Å². The molecule has 2 heterocycles. The molecule has 0 unspecified atom stereocenters. The molecule has 0 radical (unpaired) electrons. The third-order valence-corrected chi connectivity index (χ3v) is 6.30. The van der Waals surface area contributed by atoms with E-state index >= 15 is 0 Å². The first-order chi connectivity index (χ1) is 18.1. The first-order valence-corrected chi connectivity index (χ1v) is 12.0. The molecule has 4 rings (SSSR count). The molecule has 0 aliphatic rings. The number of nitrogens with zero attached hydrogens (tertiary/aromatic N) is 3. The highest BCUT2D eigenvalue weighted by atomic mass is 35.5. The van der Waals surface area contributed by atoms with E-state index in [1.54, 1.807) is 48.5 Å². The Balaban J connectivity index is 1.68. The summed E-state index contributed by atoms with van der Waals surface area (Å²) in [6.45, 7) is 3.07. The molecule has 9 nitrogen and oxygen atoms in total. The Labute approximate surface area is 221 Å². The smallest absolute Gasteiger partial charge is 0.333 e. The molecule has 0 aliphatic carbocycles. The van der Waals surface area contributed by atoms with E-state index in [9.17, 15) is 23.9 Å². The lowest BCUT2D eigenvalue weighted by molar-refractivity contribution is -0.142. The molecule has 0 spiro atoms. The van der Waals surface area contributed by atoms with Crippen LogP contribution in [0, 0.1) is 11.7 Å². The monoisotopic (exact) mass is 538 g/mol. The van der Waals surface area contributed by atoms with Crippen LogP contribution in [0.5, 0.6) is 11.6 Å². The zero-order valence-electron chi connectivity index (χ0n) is 20.5. The zero-order chi connectivity index (χ0) is 27.4. The second kappa shape index (κ2) is 11.3. The first-order valence-electron chi connectivity index (χ1n) is 11.6. The van der Waals surface area contributed by atoms with Crippen LogP contribution >= 0.6 is 11.6 Å². The third kappa shape index (κ3) is 6.09. The molecule has 2 atom stereocenters. The predicted octanol–water partition coefficient (Wildman–Crippen LogP) is 5.06. The molecule has 0 saturated heterocycles. The van der Waals surface area contributed by atoms with Crippen LogP contribution in [-0.4, -0.2) is 25.2 Å². The van der Waals surface area contributed by atoms with Gasteiger partial charge in [-0.3, -0.25) is 18.7 Å². The average Bonchev–Trinajstić information content (AvgIpc) is 2.89. The topological polar surface area (TPSA) is 115 Å². The maximum absolute atomic E-state index is 13.5. The van der Waals surface area contributed by atoms with E-state index in [1.807, 2.05) is 0 Å². The zero-order valence-corrected chi connectivity index (χ0v) is 21.2. The van der Waals surface area contributed by atoms with E-state index in [0.29, 0.717) is 16.5 Å². The number of hydrogen-bond acceptors (Lipinski definition) is 6. The van der Waals surface area contributed by atoms with Gasteiger partial charge in [-0.05, 0) is 61.9 Å². The van der Waals surface area contributed by atoms with Crippen LogP contribution in [0.1, 0.15) is 25.5 Å². The molecule has 0 fully saturated rings. The van der Waals surface area contributed by atoms with Gasteiger partial charge >= 0.3 is 11.7 Å². The fourth-order valence-electron chi connectivity index (χ4n) is 3.72. The maximum Gasteiger partial charge on any atom is 0.333 e. The molecule has 2 N–H and O–H groups in total. The average molecular weight is 539 g/mol. The highest BCUT2D eigenvalue weighted by Gasteiger charge is 2.25. The molecule has 0 amide bonds. The minimum absolute atomic E-state index is 0.101. The second-order valence-electron chi connectivity index (χ2n) is 8.67. The molecule has 196 valence electrons. The molecular weight excluding hydrogens is 515 g/mol. The van der Waals surface area contributed by atoms with Crippen LogP contribution in [0.15, 0.2) is 82.5 Å². The number of ether oxygens (including phenoxy) is 1. The van der Waals surface area contributed by atoms with Crippen LogP contribution in [0.3, 0.4) is 0 Å². The summed E-state index contributed by atoms with van der Waals surface area (Å²) in [6, 6.07) is 16.6. The summed E-state index contributed by atoms with van der Waals surface area (Å²) < 4.78 is 21.0. The summed E-state index contributed by atoms with van der Waals surface area (Å²) in [5.41, 5.74) is 0.0164. The number of carbonyl (C=O) groups is 1. The van der Waals surface area contributed by atoms with Gasteiger partial charge in [0.25, 0.3) is 5.56 Å². The molecular formula is C27H24ClFN4O5. The van der Waals surface area contributed by atoms with Crippen molar-refractivity contribution in [3.63, 3.8) is 0 Å². The molecule has 2 aromatic heterocycles. The van der Waals surface area contributed by atoms with E-state index in [-0.39, 0.29) is 18.2 Å². The highest BCUT2D eigenvalue weighted by Crippen LogP contribution is 2.24. The van der Waals surface area contributed by atoms with Crippen LogP contribution in [0.2, 0.25) is 5.02 Å². The van der Waals surface area contributed by atoms with E-state index in [1.165, 1.54) is 36.6 Å². The van der Waals surface area contributed by atoms with Gasteiger partial charge in [-0.1, -0.05) is 23.7 Å². The van der Waals surface area contributed by atoms with Crippen LogP contribution in [0.25, 0.3) is 0 Å². The second-order valence-corrected chi connectivity index (χ2v) is 9.10. The summed E-state index contributed by atoms with van der Waals surface area (Å²) in [4.78, 5) is 41.9. The molecule has 11 heteroatoms. The van der Waals surface area contributed by atoms with Crippen molar-refractivity contribution in [3.8, 4) is 11.6 Å². The van der Waals surface area contributed by atoms with Crippen molar-refractivity contribution in [1.82, 2.24) is 14.1 Å². The number of pyridine rings is 1. The van der Waals surface area contributed by atoms with E-state index < -0.39 is 35.0 Å². The number of hydrogen-bond donors (Lipinski definition) is 2. The van der Waals surface area contributed by atoms with Gasteiger partial charge in [-0.25, -0.2) is 14.2 Å². The van der Waals surface area contributed by atoms with Crippen molar-refractivity contribution < 1.29 is 19.0 Å². The van der Waals surface area contributed by atoms with Crippen LogP contribution in [0.4, 0.5) is 15.9 Å². The lowest BCUT2D eigenvalue weighted by atomic mass is 10.0. The van der Waals surface area contributed by atoms with Gasteiger partial charge in [-0.2, -0.15) is 0 Å². The lowest BCUT2D eigenvalue weighted by Gasteiger charge is -2.22. The number of anilines is 2. The largest absolute Gasteiger partial charge is 0.481 e. The van der Waals surface area contributed by atoms with Crippen molar-refractivity contribution in [1.29, 1.82) is 0 Å². The van der Waals surface area contributed by atoms with Crippen LogP contribution in [-0.2, 0) is 11.3 Å². The number of rotatable bonds is 9. The van der Waals surface area contributed by atoms with Gasteiger partial charge in [0.1, 0.15) is 17.4 Å². The molecule has 0 bridgehead atoms. The van der Waals surface area contributed by atoms with Gasteiger partial charge in [0.15, 0.2) is 0 Å². The van der Waals surface area contributed by atoms with E-state index in [0.717, 1.165) is 16.3 Å². The minimum atomic E-state index is -1.12. The Morgan fingerprint density at radius 2 is 1.76 bits per heavy atom. The van der Waals surface area contributed by atoms with E-state index in [2.05, 4.69) is 10.3 Å². The fraction of sp³-hybridized carbons (Fsp3) is 0.185. The number of nitrogens with one attached hydrogen (secondary N) is 1. The third-order valence-electron chi connectivity index (χ3n) is 6.05. The fourth-order valence-corrected chi connectivity index (χ4v) is 3.85. The Hall–Kier alpha value is -4.44. The van der Waals surface area contributed by atoms with E-state index in [4.69, 9.17) is 16.3 Å². The Kier molecular flexibility index (Phi) is 7.92. The van der Waals surface area contributed by atoms with Gasteiger partial charge in [0.2, 0.25) is 5.88 Å². The summed E-state index contributed by atoms with van der Waals surface area (Å²) >= 11 is 5.99. The number of carboxylic acids is 1. The van der Waals surface area contributed by atoms with Crippen molar-refractivity contribution in [3.05, 3.63) is 110 Å². The van der Waals surface area contributed by atoms with Crippen molar-refractivity contribution in [2.45, 2.75) is 26.4 Å². The number of aliphatic carboxylic acids is 1. The normalized spacial score (nSPS) is 12.5. The number of carboxylic acid groups (broad SMARTS) is 1. The quantitative estimate of drug-likeness (QED) is 0.306. The van der Waals surface area contributed by atoms with Crippen molar-refractivity contribution in [2.75, 3.05) is 5.32 Å². The van der Waals surface area contributed by atoms with Crippen LogP contribution < -0.4 is 21.3 Å². The SMILES string of the molecule is C[C@@H](C(=O)O)[C@H](C)n1c(=O)cc(Nc2ccc(Oc3ccc(F)cn3)cc2)n(Cc2ccc(Cl)cc2)c1=O. The van der Waals surface area contributed by atoms with Gasteiger partial charge in [-0.15, -0.1) is 0 Å². The Morgan fingerprint density at radius 1 is 1.08 bits per heavy atom. The van der Waals surface area contributed by atoms with Crippen molar-refractivity contribution >= 4 is 29.1 Å². The van der Waals surface area contributed by atoms with Gasteiger partial charge < -0.3 is 15.2 Å². The Morgan fingerprint density at radius 3 is 2.37 bits per heavy atom. The number of benzene rings is 2. The Bertz CT molecular complexity index is 1550. The highest BCUT2D eigenvalue weighted by molar-refractivity contribution is 6.30. The number of aromatic nitrogens is 3. The molecule has 38 heavy (non-hydrogen) atoms. The van der Waals surface area contributed by atoms with Gasteiger partial charge in [0.05, 0.1) is 24.7 Å². The van der Waals surface area contributed by atoms with Crippen molar-refractivity contribution in [2.24, 2.45) is 5.92 Å². The molecule has 0 saturated carbocycles. The summed E-state index contributed by atoms with van der Waals surface area (Å²) in [7, 11) is 0. The minimum Gasteiger partial charge on any atom is -0.481 e. The maximum atomic E-state index is 13.5. The first kappa shape index (κ1) is 26.6. The molecule has 0 aliphatic heterocycles. The molecule has 4 aromatic rings. The predicted molar refractivity (Wildman–Crippen MR) is 141 cm³/mol. The standard InChI is InChI=1S/C27H24ClFN4O5/c1-16(26(35)36)17(2)33-25(34)13-23(32(27(33)37)15-18-3-5-19(28)6-4-18)31-21-8-10-22(11-9-21)38-24-12-7-20(29)14-30-24/h3-14,16-17,31H,15H2,1-2H3,(H,35,36)/t16-,17+/m1/s1. The molecule has 2 aromatic carbocycles. The number of halogens is 2. The lowest BCUT2D eigenvalue weighted by Crippen LogP contribution is -2.44. The summed E-state index contributed by atoms with van der Waals surface area (Å²) in [5.74, 6) is -1.68. The summed E-state index contributed by atoms with van der Waals surface area (Å²) in [5, 5.41) is 13.0. The summed E-state index contributed by atoms with van der Waals surface area (Å²) in [6.07, 6.45) is 1.05.